The zero-order valence-electron chi connectivity index (χ0n) is 21.5. The normalized spacial score (nSPS) is 21.9. The van der Waals surface area contributed by atoms with Gasteiger partial charge in [0.25, 0.3) is 0 Å². The number of fused-ring (bicyclic) bond motifs is 3. The Morgan fingerprint density at radius 1 is 1.17 bits per heavy atom. The van der Waals surface area contributed by atoms with E-state index in [1.54, 1.807) is 0 Å². The van der Waals surface area contributed by atoms with Crippen molar-refractivity contribution in [3.8, 4) is 0 Å². The quantitative estimate of drug-likeness (QED) is 0.376. The molecule has 2 aromatic carbocycles. The summed E-state index contributed by atoms with van der Waals surface area (Å²) in [6.45, 7) is 9.70. The summed E-state index contributed by atoms with van der Waals surface area (Å²) in [5.41, 5.74) is 3.52. The van der Waals surface area contributed by atoms with Gasteiger partial charge in [-0.25, -0.2) is 8.78 Å². The molecule has 3 N–H and O–H groups in total. The molecule has 3 heterocycles. The van der Waals surface area contributed by atoms with Gasteiger partial charge in [-0.1, -0.05) is 38.5 Å². The molecule has 1 aromatic heterocycles. The molecule has 2 aliphatic rings. The fraction of sp³-hybridized carbons (Fsp3) is 0.517. The third kappa shape index (κ3) is 4.76. The number of likely N-dealkylation sites (tertiary alicyclic amines) is 1. The average molecular weight is 497 g/mol. The Morgan fingerprint density at radius 3 is 2.58 bits per heavy atom. The van der Waals surface area contributed by atoms with E-state index in [9.17, 15) is 5.11 Å². The van der Waals surface area contributed by atoms with Crippen LogP contribution in [0.25, 0.3) is 10.9 Å². The third-order valence-corrected chi connectivity index (χ3v) is 7.86. The molecule has 5 rings (SSSR count). The van der Waals surface area contributed by atoms with Crippen LogP contribution in [0.4, 0.5) is 14.5 Å². The number of aliphatic hydroxyl groups excluding tert-OH is 1. The van der Waals surface area contributed by atoms with Crippen LogP contribution in [-0.4, -0.2) is 64.8 Å². The van der Waals surface area contributed by atoms with Gasteiger partial charge in [0, 0.05) is 60.1 Å². The van der Waals surface area contributed by atoms with E-state index in [-0.39, 0.29) is 30.2 Å². The van der Waals surface area contributed by atoms with Gasteiger partial charge in [-0.05, 0) is 56.0 Å². The second-order valence-electron chi connectivity index (χ2n) is 10.8. The number of nitrogens with one attached hydrogen (secondary N) is 2. The van der Waals surface area contributed by atoms with Gasteiger partial charge in [0.1, 0.15) is 11.6 Å². The van der Waals surface area contributed by atoms with Crippen LogP contribution in [0.15, 0.2) is 36.4 Å². The number of unbranched alkanes of at least 4 members (excludes halogenated alkanes) is 1. The molecule has 1 fully saturated rings. The van der Waals surface area contributed by atoms with Gasteiger partial charge in [-0.3, -0.25) is 9.80 Å². The number of aliphatic hydroxyl groups is 1. The first-order chi connectivity index (χ1) is 17.4. The minimum Gasteiger partial charge on any atom is -0.396 e. The van der Waals surface area contributed by atoms with Crippen LogP contribution < -0.4 is 5.32 Å². The van der Waals surface area contributed by atoms with Crippen LogP contribution in [0, 0.1) is 17.6 Å². The Morgan fingerprint density at radius 2 is 1.89 bits per heavy atom. The van der Waals surface area contributed by atoms with Crippen LogP contribution in [0.3, 0.4) is 0 Å². The van der Waals surface area contributed by atoms with Crippen molar-refractivity contribution >= 4 is 16.6 Å². The van der Waals surface area contributed by atoms with Gasteiger partial charge >= 0.3 is 0 Å². The lowest BCUT2D eigenvalue weighted by Crippen LogP contribution is -2.54. The molecule has 0 aliphatic carbocycles. The smallest absolute Gasteiger partial charge is 0.133 e. The van der Waals surface area contributed by atoms with Gasteiger partial charge in [-0.15, -0.1) is 0 Å². The van der Waals surface area contributed by atoms with E-state index in [0.717, 1.165) is 48.2 Å². The first-order valence-electron chi connectivity index (χ1n) is 13.3. The number of para-hydroxylation sites is 1. The first kappa shape index (κ1) is 25.2. The maximum Gasteiger partial charge on any atom is 0.133 e. The predicted molar refractivity (Wildman–Crippen MR) is 141 cm³/mol. The van der Waals surface area contributed by atoms with Gasteiger partial charge in [0.2, 0.25) is 0 Å². The van der Waals surface area contributed by atoms with Crippen molar-refractivity contribution < 1.29 is 13.9 Å². The minimum atomic E-state index is -0.590. The molecule has 3 aromatic rings. The molecular formula is C29H38F2N4O. The zero-order valence-corrected chi connectivity index (χ0v) is 21.5. The average Bonchev–Trinajstić information content (AvgIpc) is 3.19. The predicted octanol–water partition coefficient (Wildman–Crippen LogP) is 5.31. The van der Waals surface area contributed by atoms with E-state index in [1.807, 2.05) is 25.1 Å². The molecule has 0 saturated carbocycles. The number of hydrogen-bond acceptors (Lipinski definition) is 4. The third-order valence-electron chi connectivity index (χ3n) is 7.86. The number of rotatable bonds is 9. The topological polar surface area (TPSA) is 54.5 Å². The van der Waals surface area contributed by atoms with Crippen molar-refractivity contribution in [2.24, 2.45) is 5.92 Å². The summed E-state index contributed by atoms with van der Waals surface area (Å²) in [7, 11) is 0. The number of hydrogen-bond donors (Lipinski definition) is 3. The number of aromatic nitrogens is 1. The highest BCUT2D eigenvalue weighted by molar-refractivity contribution is 5.85. The molecule has 0 spiro atoms. The Bertz CT molecular complexity index is 1180. The molecule has 0 amide bonds. The van der Waals surface area contributed by atoms with Gasteiger partial charge < -0.3 is 15.4 Å². The summed E-state index contributed by atoms with van der Waals surface area (Å²) in [4.78, 5) is 8.00. The van der Waals surface area contributed by atoms with Crippen LogP contribution in [-0.2, 0) is 6.42 Å². The zero-order chi connectivity index (χ0) is 25.4. The van der Waals surface area contributed by atoms with Crippen LogP contribution in [0.2, 0.25) is 0 Å². The maximum absolute atomic E-state index is 15.8. The highest BCUT2D eigenvalue weighted by Crippen LogP contribution is 2.43. The standard InChI is InChI=1S/C29H38F2N4O/c1-4-5-10-34-15-21(16-34)32-20-12-24(30)27(25(31)13-20)29-28-23(22-8-6-7-9-26(22)33-28)11-19(3)35(29)14-18(2)17-36/h6-9,12-13,18-19,21,29,32-33,36H,4-5,10-11,14-17H2,1-3H3. The summed E-state index contributed by atoms with van der Waals surface area (Å²) in [5.74, 6) is -1.09. The highest BCUT2D eigenvalue weighted by atomic mass is 19.1. The molecule has 1 saturated heterocycles. The molecule has 0 radical (unpaired) electrons. The minimum absolute atomic E-state index is 0.0118. The monoisotopic (exact) mass is 496 g/mol. The molecular weight excluding hydrogens is 458 g/mol. The molecule has 0 bridgehead atoms. The Labute approximate surface area is 212 Å². The Balaban J connectivity index is 1.48. The summed E-state index contributed by atoms with van der Waals surface area (Å²) < 4.78 is 31.6. The summed E-state index contributed by atoms with van der Waals surface area (Å²) in [6.07, 6.45) is 3.12. The van der Waals surface area contributed by atoms with E-state index < -0.39 is 17.7 Å². The number of aromatic amines is 1. The van der Waals surface area contributed by atoms with E-state index >= 15 is 8.78 Å². The number of nitrogens with zero attached hydrogens (tertiary/aromatic N) is 2. The Hall–Kier alpha value is -2.48. The largest absolute Gasteiger partial charge is 0.396 e. The number of benzene rings is 2. The van der Waals surface area contributed by atoms with Crippen LogP contribution >= 0.6 is 0 Å². The second kappa shape index (κ2) is 10.5. The highest BCUT2D eigenvalue weighted by Gasteiger charge is 2.39. The lowest BCUT2D eigenvalue weighted by atomic mass is 9.87. The van der Waals surface area contributed by atoms with Gasteiger partial charge in [0.15, 0.2) is 0 Å². The molecule has 5 nitrogen and oxygen atoms in total. The van der Waals surface area contributed by atoms with Crippen LogP contribution in [0.5, 0.6) is 0 Å². The summed E-state index contributed by atoms with van der Waals surface area (Å²) >= 11 is 0. The van der Waals surface area contributed by atoms with E-state index in [0.29, 0.717) is 12.2 Å². The molecule has 3 atom stereocenters. The van der Waals surface area contributed by atoms with Crippen molar-refractivity contribution in [1.29, 1.82) is 0 Å². The second-order valence-corrected chi connectivity index (χ2v) is 10.8. The molecule has 3 unspecified atom stereocenters. The fourth-order valence-electron chi connectivity index (χ4n) is 5.91. The maximum atomic E-state index is 15.8. The van der Waals surface area contributed by atoms with Gasteiger partial charge in [-0.2, -0.15) is 0 Å². The number of anilines is 1. The van der Waals surface area contributed by atoms with Crippen molar-refractivity contribution in [3.63, 3.8) is 0 Å². The van der Waals surface area contributed by atoms with Crippen molar-refractivity contribution in [1.82, 2.24) is 14.8 Å². The number of halogens is 2. The lowest BCUT2D eigenvalue weighted by molar-refractivity contribution is 0.101. The van der Waals surface area contributed by atoms with Gasteiger partial charge in [0.05, 0.1) is 12.1 Å². The van der Waals surface area contributed by atoms with E-state index in [4.69, 9.17) is 0 Å². The van der Waals surface area contributed by atoms with Crippen LogP contribution in [0.1, 0.15) is 56.5 Å². The van der Waals surface area contributed by atoms with E-state index in [1.165, 1.54) is 25.0 Å². The fourth-order valence-corrected chi connectivity index (χ4v) is 5.91. The van der Waals surface area contributed by atoms with E-state index in [2.05, 4.69) is 40.0 Å². The molecule has 2 aliphatic heterocycles. The first-order valence-corrected chi connectivity index (χ1v) is 13.3. The summed E-state index contributed by atoms with van der Waals surface area (Å²) in [5, 5.41) is 14.2. The van der Waals surface area contributed by atoms with Crippen molar-refractivity contribution in [2.45, 2.75) is 58.2 Å². The molecule has 7 heteroatoms. The molecule has 36 heavy (non-hydrogen) atoms. The van der Waals surface area contributed by atoms with Crippen molar-refractivity contribution in [3.05, 3.63) is 64.9 Å². The molecule has 194 valence electrons. The lowest BCUT2D eigenvalue weighted by Gasteiger charge is -2.42. The Kier molecular flexibility index (Phi) is 7.33. The summed E-state index contributed by atoms with van der Waals surface area (Å²) in [6, 6.07) is 10.6. The van der Waals surface area contributed by atoms with Crippen molar-refractivity contribution in [2.75, 3.05) is 38.1 Å². The number of H-pyrrole nitrogens is 1. The SMILES string of the molecule is CCCCN1CC(Nc2cc(F)c(C3c4[nH]c5ccccc5c4CC(C)N3CC(C)CO)c(F)c2)C1.